The van der Waals surface area contributed by atoms with Crippen LogP contribution in [0.1, 0.15) is 11.3 Å². The molecule has 0 aliphatic carbocycles. The molecule has 0 unspecified atom stereocenters. The number of aromatic hydroxyl groups is 1. The highest BCUT2D eigenvalue weighted by Crippen LogP contribution is 2.34. The lowest BCUT2D eigenvalue weighted by molar-refractivity contribution is -0.275. The van der Waals surface area contributed by atoms with Gasteiger partial charge in [-0.1, -0.05) is 0 Å². The Kier molecular flexibility index (Phi) is 3.75. The second kappa shape index (κ2) is 4.88. The lowest BCUT2D eigenvalue weighted by Gasteiger charge is -2.15. The number of nitrogens with two attached hydrogens (primary N) is 1. The first-order valence-corrected chi connectivity index (χ1v) is 4.41. The number of ether oxygens (including phenoxy) is 1. The van der Waals surface area contributed by atoms with E-state index in [0.717, 1.165) is 6.20 Å². The molecular formula is C9H8F3N3O2. The number of halogens is 3. The van der Waals surface area contributed by atoms with E-state index >= 15 is 0 Å². The van der Waals surface area contributed by atoms with E-state index in [1.54, 1.807) is 6.07 Å². The van der Waals surface area contributed by atoms with Crippen molar-refractivity contribution in [3.8, 4) is 17.6 Å². The Balaban J connectivity index is 3.30. The minimum absolute atomic E-state index is 0.176. The summed E-state index contributed by atoms with van der Waals surface area (Å²) in [6, 6.07) is 1.63. The SMILES string of the molecule is N#CCc1c(O)cnc(CN)c1OC(F)(F)F. The lowest BCUT2D eigenvalue weighted by atomic mass is 10.1. The van der Waals surface area contributed by atoms with Gasteiger partial charge in [0.15, 0.2) is 5.75 Å². The van der Waals surface area contributed by atoms with Crippen LogP contribution in [0.3, 0.4) is 0 Å². The fourth-order valence-corrected chi connectivity index (χ4v) is 1.20. The number of nitrogens with zero attached hydrogens (tertiary/aromatic N) is 2. The lowest BCUT2D eigenvalue weighted by Crippen LogP contribution is -2.20. The molecule has 17 heavy (non-hydrogen) atoms. The summed E-state index contributed by atoms with van der Waals surface area (Å²) < 4.78 is 40.2. The van der Waals surface area contributed by atoms with Crippen molar-refractivity contribution in [2.45, 2.75) is 19.3 Å². The van der Waals surface area contributed by atoms with Gasteiger partial charge in [0.2, 0.25) is 0 Å². The largest absolute Gasteiger partial charge is 0.573 e. The predicted octanol–water partition coefficient (Wildman–Crippen LogP) is 1.21. The van der Waals surface area contributed by atoms with E-state index in [9.17, 15) is 18.3 Å². The van der Waals surface area contributed by atoms with Gasteiger partial charge in [0.05, 0.1) is 29.9 Å². The Bertz CT molecular complexity index is 454. The molecule has 0 aliphatic heterocycles. The molecule has 0 saturated carbocycles. The maximum atomic E-state index is 12.2. The third kappa shape index (κ3) is 3.22. The van der Waals surface area contributed by atoms with Crippen LogP contribution in [-0.2, 0) is 13.0 Å². The third-order valence-electron chi connectivity index (χ3n) is 1.86. The minimum Gasteiger partial charge on any atom is -0.506 e. The van der Waals surface area contributed by atoms with Crippen LogP contribution < -0.4 is 10.5 Å². The van der Waals surface area contributed by atoms with Crippen molar-refractivity contribution in [2.75, 3.05) is 0 Å². The van der Waals surface area contributed by atoms with E-state index in [0.29, 0.717) is 0 Å². The number of hydrogen-bond acceptors (Lipinski definition) is 5. The van der Waals surface area contributed by atoms with Gasteiger partial charge in [-0.2, -0.15) is 5.26 Å². The molecule has 0 fully saturated rings. The molecule has 0 saturated heterocycles. The van der Waals surface area contributed by atoms with Gasteiger partial charge in [-0.3, -0.25) is 4.98 Å². The molecular weight excluding hydrogens is 239 g/mol. The van der Waals surface area contributed by atoms with Crippen molar-refractivity contribution in [1.29, 1.82) is 5.26 Å². The molecule has 0 aromatic carbocycles. The van der Waals surface area contributed by atoms with Gasteiger partial charge in [0.25, 0.3) is 0 Å². The van der Waals surface area contributed by atoms with Crippen LogP contribution in [0.2, 0.25) is 0 Å². The third-order valence-corrected chi connectivity index (χ3v) is 1.86. The molecule has 0 amide bonds. The van der Waals surface area contributed by atoms with Crippen molar-refractivity contribution in [2.24, 2.45) is 5.73 Å². The molecule has 92 valence electrons. The molecule has 3 N–H and O–H groups in total. The van der Waals surface area contributed by atoms with Gasteiger partial charge in [-0.05, 0) is 0 Å². The maximum absolute atomic E-state index is 12.2. The average Bonchev–Trinajstić information content (AvgIpc) is 2.22. The summed E-state index contributed by atoms with van der Waals surface area (Å²) in [6.45, 7) is -0.301. The van der Waals surface area contributed by atoms with Gasteiger partial charge in [-0.25, -0.2) is 0 Å². The van der Waals surface area contributed by atoms with E-state index in [-0.39, 0.29) is 17.8 Å². The minimum atomic E-state index is -4.94. The molecule has 1 rings (SSSR count). The zero-order chi connectivity index (χ0) is 13.1. The van der Waals surface area contributed by atoms with Gasteiger partial charge >= 0.3 is 6.36 Å². The molecule has 8 heteroatoms. The molecule has 1 aromatic rings. The molecule has 0 bridgehead atoms. The monoisotopic (exact) mass is 247 g/mol. The number of rotatable bonds is 3. The summed E-state index contributed by atoms with van der Waals surface area (Å²) >= 11 is 0. The van der Waals surface area contributed by atoms with E-state index < -0.39 is 24.3 Å². The summed E-state index contributed by atoms with van der Waals surface area (Å²) in [5.41, 5.74) is 4.76. The number of alkyl halides is 3. The smallest absolute Gasteiger partial charge is 0.506 e. The number of pyridine rings is 1. The van der Waals surface area contributed by atoms with Crippen LogP contribution in [0.5, 0.6) is 11.5 Å². The second-order valence-electron chi connectivity index (χ2n) is 2.98. The second-order valence-corrected chi connectivity index (χ2v) is 2.98. The molecule has 0 atom stereocenters. The molecule has 0 radical (unpaired) electrons. The van der Waals surface area contributed by atoms with E-state index in [1.165, 1.54) is 0 Å². The summed E-state index contributed by atoms with van der Waals surface area (Å²) in [4.78, 5) is 3.51. The van der Waals surface area contributed by atoms with Crippen LogP contribution in [0.25, 0.3) is 0 Å². The summed E-state index contributed by atoms with van der Waals surface area (Å²) in [6.07, 6.45) is -4.45. The normalized spacial score (nSPS) is 11.0. The Morgan fingerprint density at radius 3 is 2.65 bits per heavy atom. The van der Waals surface area contributed by atoms with Crippen LogP contribution in [0, 0.1) is 11.3 Å². The van der Waals surface area contributed by atoms with Crippen molar-refractivity contribution in [3.63, 3.8) is 0 Å². The van der Waals surface area contributed by atoms with Crippen molar-refractivity contribution in [1.82, 2.24) is 4.98 Å². The van der Waals surface area contributed by atoms with Crippen LogP contribution in [-0.4, -0.2) is 16.5 Å². The zero-order valence-electron chi connectivity index (χ0n) is 8.45. The van der Waals surface area contributed by atoms with Gasteiger partial charge in [-0.15, -0.1) is 13.2 Å². The Hall–Kier alpha value is -2.01. The molecule has 1 aromatic heterocycles. The first-order valence-electron chi connectivity index (χ1n) is 4.41. The van der Waals surface area contributed by atoms with Crippen LogP contribution in [0.15, 0.2) is 6.20 Å². The first kappa shape index (κ1) is 13.1. The fourth-order valence-electron chi connectivity index (χ4n) is 1.20. The van der Waals surface area contributed by atoms with Crippen molar-refractivity contribution in [3.05, 3.63) is 17.5 Å². The highest BCUT2D eigenvalue weighted by molar-refractivity contribution is 5.47. The molecule has 0 spiro atoms. The van der Waals surface area contributed by atoms with Gasteiger partial charge < -0.3 is 15.6 Å². The average molecular weight is 247 g/mol. The Morgan fingerprint density at radius 1 is 1.53 bits per heavy atom. The molecule has 1 heterocycles. The van der Waals surface area contributed by atoms with Gasteiger partial charge in [0, 0.05) is 6.54 Å². The predicted molar refractivity (Wildman–Crippen MR) is 49.8 cm³/mol. The Labute approximate surface area is 94.2 Å². The maximum Gasteiger partial charge on any atom is 0.573 e. The molecule has 5 nitrogen and oxygen atoms in total. The number of nitriles is 1. The quantitative estimate of drug-likeness (QED) is 0.837. The van der Waals surface area contributed by atoms with Crippen LogP contribution >= 0.6 is 0 Å². The first-order chi connectivity index (χ1) is 7.89. The Morgan fingerprint density at radius 2 is 2.18 bits per heavy atom. The summed E-state index contributed by atoms with van der Waals surface area (Å²) in [7, 11) is 0. The van der Waals surface area contributed by atoms with Crippen molar-refractivity contribution < 1.29 is 23.0 Å². The standard InChI is InChI=1S/C9H8F3N3O2/c10-9(11,12)17-8-5(1-2-13)7(16)4-15-6(8)3-14/h4,16H,1,3,14H2. The van der Waals surface area contributed by atoms with Crippen LogP contribution in [0.4, 0.5) is 13.2 Å². The highest BCUT2D eigenvalue weighted by atomic mass is 19.4. The summed E-state index contributed by atoms with van der Waals surface area (Å²) in [5.74, 6) is -1.25. The van der Waals surface area contributed by atoms with E-state index in [4.69, 9.17) is 11.0 Å². The van der Waals surface area contributed by atoms with E-state index in [2.05, 4.69) is 9.72 Å². The number of aromatic nitrogens is 1. The topological polar surface area (TPSA) is 92.2 Å². The fraction of sp³-hybridized carbons (Fsp3) is 0.333. The van der Waals surface area contributed by atoms with E-state index in [1.807, 2.05) is 0 Å². The van der Waals surface area contributed by atoms with Crippen molar-refractivity contribution >= 4 is 0 Å². The molecule has 0 aliphatic rings. The van der Waals surface area contributed by atoms with Gasteiger partial charge in [0.1, 0.15) is 5.75 Å². The zero-order valence-corrected chi connectivity index (χ0v) is 8.45. The highest BCUT2D eigenvalue weighted by Gasteiger charge is 2.34. The summed E-state index contributed by atoms with van der Waals surface area (Å²) in [5, 5.41) is 17.8. The number of hydrogen-bond donors (Lipinski definition) is 2.